The molecule has 0 atom stereocenters. The quantitative estimate of drug-likeness (QED) is 0.591. The first kappa shape index (κ1) is 12.5. The Morgan fingerprint density at radius 1 is 1.38 bits per heavy atom. The van der Waals surface area contributed by atoms with Crippen molar-refractivity contribution < 1.29 is 13.6 Å². The lowest BCUT2D eigenvalue weighted by Gasteiger charge is -2.02. The van der Waals surface area contributed by atoms with Gasteiger partial charge in [0.1, 0.15) is 0 Å². The van der Waals surface area contributed by atoms with Crippen molar-refractivity contribution in [3.8, 4) is 0 Å². The zero-order valence-electron chi connectivity index (χ0n) is 8.80. The molecule has 4 heteroatoms. The first-order chi connectivity index (χ1) is 7.63. The summed E-state index contributed by atoms with van der Waals surface area (Å²) in [7, 11) is 0. The second kappa shape index (κ2) is 6.12. The molecule has 0 unspecified atom stereocenters. The average Bonchev–Trinajstić information content (AvgIpc) is 2.24. The van der Waals surface area contributed by atoms with Crippen LogP contribution in [-0.4, -0.2) is 18.9 Å². The summed E-state index contributed by atoms with van der Waals surface area (Å²) < 4.78 is 25.4. The molecule has 0 radical (unpaired) electrons. The van der Waals surface area contributed by atoms with Crippen molar-refractivity contribution in [3.63, 3.8) is 0 Å². The summed E-state index contributed by atoms with van der Waals surface area (Å²) in [5.41, 5.74) is 0.476. The van der Waals surface area contributed by atoms with Gasteiger partial charge in [0.15, 0.2) is 17.4 Å². The molecule has 0 heterocycles. The number of halogens is 2. The van der Waals surface area contributed by atoms with E-state index in [1.807, 2.05) is 0 Å². The van der Waals surface area contributed by atoms with Gasteiger partial charge >= 0.3 is 0 Å². The number of nitrogens with one attached hydrogen (secondary N) is 1. The average molecular weight is 225 g/mol. The lowest BCUT2D eigenvalue weighted by Crippen LogP contribution is -2.24. The lowest BCUT2D eigenvalue weighted by molar-refractivity contribution is -0.117. The summed E-state index contributed by atoms with van der Waals surface area (Å²) in [6.45, 7) is 4.24. The van der Waals surface area contributed by atoms with Crippen LogP contribution in [0.3, 0.4) is 0 Å². The van der Waals surface area contributed by atoms with Crippen molar-refractivity contribution in [1.29, 1.82) is 0 Å². The predicted molar refractivity (Wildman–Crippen MR) is 58.1 cm³/mol. The van der Waals surface area contributed by atoms with Crippen molar-refractivity contribution in [2.45, 2.75) is 6.42 Å². The molecule has 0 fully saturated rings. The molecule has 0 aliphatic heterocycles. The van der Waals surface area contributed by atoms with E-state index in [2.05, 4.69) is 11.9 Å². The van der Waals surface area contributed by atoms with E-state index in [0.29, 0.717) is 12.1 Å². The summed E-state index contributed by atoms with van der Waals surface area (Å²) in [4.78, 5) is 11.4. The third-order valence-electron chi connectivity index (χ3n) is 2.00. The number of carbonyl (C=O) groups is 1. The van der Waals surface area contributed by atoms with Crippen LogP contribution in [0, 0.1) is 11.6 Å². The Morgan fingerprint density at radius 3 is 2.75 bits per heavy atom. The van der Waals surface area contributed by atoms with Crippen LogP contribution in [0.1, 0.15) is 5.56 Å². The molecule has 0 saturated carbocycles. The smallest absolute Gasteiger partial charge is 0.159 e. The fourth-order valence-electron chi connectivity index (χ4n) is 1.25. The van der Waals surface area contributed by atoms with E-state index in [0.717, 1.165) is 12.1 Å². The maximum absolute atomic E-state index is 12.8. The molecule has 0 aliphatic rings. The van der Waals surface area contributed by atoms with Gasteiger partial charge in [-0.1, -0.05) is 12.1 Å². The van der Waals surface area contributed by atoms with E-state index < -0.39 is 11.6 Å². The fourth-order valence-corrected chi connectivity index (χ4v) is 1.25. The molecular weight excluding hydrogens is 212 g/mol. The van der Waals surface area contributed by atoms with Crippen LogP contribution in [0.25, 0.3) is 0 Å². The van der Waals surface area contributed by atoms with Crippen molar-refractivity contribution in [3.05, 3.63) is 48.1 Å². The van der Waals surface area contributed by atoms with Crippen LogP contribution >= 0.6 is 0 Å². The molecule has 1 N–H and O–H groups in total. The Bertz CT molecular complexity index is 391. The summed E-state index contributed by atoms with van der Waals surface area (Å²) in [5, 5.41) is 2.85. The predicted octanol–water partition coefficient (Wildman–Crippen LogP) is 1.85. The minimum Gasteiger partial charge on any atom is -0.307 e. The van der Waals surface area contributed by atoms with E-state index in [9.17, 15) is 13.6 Å². The number of Topliss-reactive ketones (excluding diaryl/α,β-unsaturated/α-hetero) is 1. The molecule has 2 nitrogen and oxygen atoms in total. The SMILES string of the molecule is C=CCNCC(=O)Cc1ccc(F)c(F)c1. The van der Waals surface area contributed by atoms with Gasteiger partial charge in [-0.3, -0.25) is 4.79 Å². The molecule has 16 heavy (non-hydrogen) atoms. The Balaban J connectivity index is 2.49. The molecule has 86 valence electrons. The van der Waals surface area contributed by atoms with Gasteiger partial charge in [-0.2, -0.15) is 0 Å². The molecular formula is C12H13F2NO. The monoisotopic (exact) mass is 225 g/mol. The topological polar surface area (TPSA) is 29.1 Å². The highest BCUT2D eigenvalue weighted by molar-refractivity contribution is 5.82. The molecule has 1 aromatic rings. The largest absolute Gasteiger partial charge is 0.307 e. The molecule has 0 amide bonds. The molecule has 0 aromatic heterocycles. The zero-order valence-corrected chi connectivity index (χ0v) is 8.80. The molecule has 0 spiro atoms. The van der Waals surface area contributed by atoms with Crippen LogP contribution in [-0.2, 0) is 11.2 Å². The first-order valence-corrected chi connectivity index (χ1v) is 4.90. The number of hydrogen-bond donors (Lipinski definition) is 1. The minimum atomic E-state index is -0.927. The van der Waals surface area contributed by atoms with Gasteiger partial charge in [-0.15, -0.1) is 6.58 Å². The summed E-state index contributed by atoms with van der Waals surface area (Å²) in [6.07, 6.45) is 1.74. The van der Waals surface area contributed by atoms with Crippen LogP contribution in [0.4, 0.5) is 8.78 Å². The Kier molecular flexibility index (Phi) is 4.79. The van der Waals surface area contributed by atoms with E-state index in [4.69, 9.17) is 0 Å². The number of benzene rings is 1. The van der Waals surface area contributed by atoms with E-state index >= 15 is 0 Å². The molecule has 0 bridgehead atoms. The third-order valence-corrected chi connectivity index (χ3v) is 2.00. The standard InChI is InChI=1S/C12H13F2NO/c1-2-5-15-8-10(16)6-9-3-4-11(13)12(14)7-9/h2-4,7,15H,1,5-6,8H2. The number of ketones is 1. The zero-order chi connectivity index (χ0) is 12.0. The van der Waals surface area contributed by atoms with Gasteiger partial charge < -0.3 is 5.32 Å². The minimum absolute atomic E-state index is 0.0761. The summed E-state index contributed by atoms with van der Waals surface area (Å²) >= 11 is 0. The van der Waals surface area contributed by atoms with Crippen LogP contribution in [0.15, 0.2) is 30.9 Å². The van der Waals surface area contributed by atoms with E-state index in [1.165, 1.54) is 6.07 Å². The third kappa shape index (κ3) is 3.90. The van der Waals surface area contributed by atoms with Crippen LogP contribution < -0.4 is 5.32 Å². The van der Waals surface area contributed by atoms with Gasteiger partial charge in [0.05, 0.1) is 6.54 Å². The highest BCUT2D eigenvalue weighted by atomic mass is 19.2. The van der Waals surface area contributed by atoms with Gasteiger partial charge in [0.25, 0.3) is 0 Å². The molecule has 1 rings (SSSR count). The summed E-state index contributed by atoms with van der Waals surface area (Å²) in [6, 6.07) is 3.47. The maximum Gasteiger partial charge on any atom is 0.159 e. The second-order valence-corrected chi connectivity index (χ2v) is 3.38. The van der Waals surface area contributed by atoms with Gasteiger partial charge in [-0.05, 0) is 17.7 Å². The van der Waals surface area contributed by atoms with Gasteiger partial charge in [0.2, 0.25) is 0 Å². The van der Waals surface area contributed by atoms with Crippen molar-refractivity contribution in [2.24, 2.45) is 0 Å². The van der Waals surface area contributed by atoms with E-state index in [1.54, 1.807) is 6.08 Å². The Hall–Kier alpha value is -1.55. The van der Waals surface area contributed by atoms with Gasteiger partial charge in [0, 0.05) is 13.0 Å². The van der Waals surface area contributed by atoms with E-state index in [-0.39, 0.29) is 18.7 Å². The first-order valence-electron chi connectivity index (χ1n) is 4.90. The molecule has 0 saturated heterocycles. The van der Waals surface area contributed by atoms with Crippen molar-refractivity contribution in [1.82, 2.24) is 5.32 Å². The fraction of sp³-hybridized carbons (Fsp3) is 0.250. The highest BCUT2D eigenvalue weighted by Crippen LogP contribution is 2.09. The maximum atomic E-state index is 12.8. The van der Waals surface area contributed by atoms with Crippen molar-refractivity contribution >= 4 is 5.78 Å². The summed E-state index contributed by atoms with van der Waals surface area (Å²) in [5.74, 6) is -1.90. The Labute approximate surface area is 93.0 Å². The van der Waals surface area contributed by atoms with Crippen molar-refractivity contribution in [2.75, 3.05) is 13.1 Å². The normalized spacial score (nSPS) is 10.1. The van der Waals surface area contributed by atoms with Gasteiger partial charge in [-0.25, -0.2) is 8.78 Å². The Morgan fingerprint density at radius 2 is 2.12 bits per heavy atom. The number of carbonyl (C=O) groups excluding carboxylic acids is 1. The lowest BCUT2D eigenvalue weighted by atomic mass is 10.1. The van der Waals surface area contributed by atoms with Crippen LogP contribution in [0.2, 0.25) is 0 Å². The van der Waals surface area contributed by atoms with Crippen LogP contribution in [0.5, 0.6) is 0 Å². The molecule has 1 aromatic carbocycles. The number of hydrogen-bond acceptors (Lipinski definition) is 2. The number of rotatable bonds is 6. The molecule has 0 aliphatic carbocycles. The highest BCUT2D eigenvalue weighted by Gasteiger charge is 2.06. The second-order valence-electron chi connectivity index (χ2n) is 3.38.